The third kappa shape index (κ3) is 4.21. The molecule has 1 aromatic carbocycles. The predicted molar refractivity (Wildman–Crippen MR) is 79.4 cm³/mol. The standard InChI is InChI=1S/C14H18N2O4S/c1-5-6-16-13(17)8-20-14-9(2)7-12(21(15,18)19)10(3)11(14)4/h1,7H,6,8H2,2-4H3,(H,16,17)(H2,15,18,19). The van der Waals surface area contributed by atoms with Gasteiger partial charge in [0, 0.05) is 0 Å². The number of carbonyl (C=O) groups excluding carboxylic acids is 1. The molecular formula is C14H18N2O4S. The third-order valence-corrected chi connectivity index (χ3v) is 4.06. The number of primary sulfonamides is 1. The maximum absolute atomic E-state index is 11.5. The zero-order valence-corrected chi connectivity index (χ0v) is 13.0. The van der Waals surface area contributed by atoms with Crippen molar-refractivity contribution in [1.82, 2.24) is 5.32 Å². The number of aryl methyl sites for hydroxylation is 1. The van der Waals surface area contributed by atoms with Crippen LogP contribution in [0.1, 0.15) is 16.7 Å². The lowest BCUT2D eigenvalue weighted by Crippen LogP contribution is -2.29. The summed E-state index contributed by atoms with van der Waals surface area (Å²) in [5, 5.41) is 7.65. The van der Waals surface area contributed by atoms with Gasteiger partial charge in [-0.2, -0.15) is 0 Å². The van der Waals surface area contributed by atoms with Gasteiger partial charge in [0.15, 0.2) is 6.61 Å². The van der Waals surface area contributed by atoms with Crippen LogP contribution < -0.4 is 15.2 Å². The lowest BCUT2D eigenvalue weighted by atomic mass is 10.1. The first-order chi connectivity index (χ1) is 9.68. The molecule has 0 saturated heterocycles. The van der Waals surface area contributed by atoms with Gasteiger partial charge >= 0.3 is 0 Å². The topological polar surface area (TPSA) is 98.5 Å². The molecule has 0 fully saturated rings. The Morgan fingerprint density at radius 1 is 1.38 bits per heavy atom. The van der Waals surface area contributed by atoms with Crippen LogP contribution in [0.5, 0.6) is 5.75 Å². The van der Waals surface area contributed by atoms with E-state index >= 15 is 0 Å². The Hall–Kier alpha value is -2.04. The summed E-state index contributed by atoms with van der Waals surface area (Å²) in [7, 11) is -3.80. The number of nitrogens with one attached hydrogen (secondary N) is 1. The second-order valence-corrected chi connectivity index (χ2v) is 6.12. The van der Waals surface area contributed by atoms with Crippen LogP contribution in [0.15, 0.2) is 11.0 Å². The van der Waals surface area contributed by atoms with Crippen molar-refractivity contribution >= 4 is 15.9 Å². The van der Waals surface area contributed by atoms with E-state index in [2.05, 4.69) is 11.2 Å². The van der Waals surface area contributed by atoms with Crippen molar-refractivity contribution in [2.24, 2.45) is 5.14 Å². The van der Waals surface area contributed by atoms with Crippen LogP contribution in [0.3, 0.4) is 0 Å². The number of ether oxygens (including phenoxy) is 1. The van der Waals surface area contributed by atoms with Crippen molar-refractivity contribution in [1.29, 1.82) is 0 Å². The molecule has 0 unspecified atom stereocenters. The SMILES string of the molecule is C#CCNC(=O)COc1c(C)cc(S(N)(=O)=O)c(C)c1C. The van der Waals surface area contributed by atoms with Gasteiger partial charge in [0.1, 0.15) is 5.75 Å². The summed E-state index contributed by atoms with van der Waals surface area (Å²) >= 11 is 0. The lowest BCUT2D eigenvalue weighted by Gasteiger charge is -2.16. The second-order valence-electron chi connectivity index (χ2n) is 4.59. The number of rotatable bonds is 5. The molecule has 0 aliphatic heterocycles. The molecule has 0 saturated carbocycles. The maximum Gasteiger partial charge on any atom is 0.258 e. The first-order valence-corrected chi connectivity index (χ1v) is 7.69. The highest BCUT2D eigenvalue weighted by atomic mass is 32.2. The molecule has 0 atom stereocenters. The number of terminal acetylenes is 1. The summed E-state index contributed by atoms with van der Waals surface area (Å²) < 4.78 is 28.5. The van der Waals surface area contributed by atoms with E-state index in [1.165, 1.54) is 6.07 Å². The highest BCUT2D eigenvalue weighted by Crippen LogP contribution is 2.30. The van der Waals surface area contributed by atoms with E-state index < -0.39 is 10.0 Å². The van der Waals surface area contributed by atoms with E-state index in [1.807, 2.05) is 0 Å². The van der Waals surface area contributed by atoms with Crippen molar-refractivity contribution in [3.05, 3.63) is 22.8 Å². The highest BCUT2D eigenvalue weighted by molar-refractivity contribution is 7.89. The number of sulfonamides is 1. The Morgan fingerprint density at radius 2 is 2.00 bits per heavy atom. The molecule has 0 bridgehead atoms. The van der Waals surface area contributed by atoms with Crippen LogP contribution in [0.2, 0.25) is 0 Å². The summed E-state index contributed by atoms with van der Waals surface area (Å²) in [6, 6.07) is 1.44. The van der Waals surface area contributed by atoms with Gasteiger partial charge in [-0.25, -0.2) is 13.6 Å². The molecule has 0 aliphatic carbocycles. The van der Waals surface area contributed by atoms with E-state index in [4.69, 9.17) is 16.3 Å². The van der Waals surface area contributed by atoms with Crippen LogP contribution in [-0.4, -0.2) is 27.5 Å². The molecule has 1 aromatic rings. The third-order valence-electron chi connectivity index (χ3n) is 3.02. The summed E-state index contributed by atoms with van der Waals surface area (Å²) in [6.07, 6.45) is 5.04. The van der Waals surface area contributed by atoms with Crippen LogP contribution in [0.25, 0.3) is 0 Å². The number of nitrogens with two attached hydrogens (primary N) is 1. The van der Waals surface area contributed by atoms with Crippen molar-refractivity contribution in [2.75, 3.05) is 13.2 Å². The molecule has 0 aromatic heterocycles. The van der Waals surface area contributed by atoms with E-state index in [0.717, 1.165) is 0 Å². The van der Waals surface area contributed by atoms with Gasteiger partial charge in [-0.15, -0.1) is 6.42 Å². The number of benzene rings is 1. The van der Waals surface area contributed by atoms with E-state index in [9.17, 15) is 13.2 Å². The fraction of sp³-hybridized carbons (Fsp3) is 0.357. The molecule has 3 N–H and O–H groups in total. The summed E-state index contributed by atoms with van der Waals surface area (Å²) in [6.45, 7) is 4.97. The Balaban J connectivity index is 3.04. The van der Waals surface area contributed by atoms with Gasteiger partial charge < -0.3 is 10.1 Å². The van der Waals surface area contributed by atoms with Crippen molar-refractivity contribution in [3.63, 3.8) is 0 Å². The van der Waals surface area contributed by atoms with E-state index in [-0.39, 0.29) is 24.0 Å². The molecule has 0 heterocycles. The van der Waals surface area contributed by atoms with Gasteiger partial charge in [-0.05, 0) is 43.5 Å². The molecular weight excluding hydrogens is 292 g/mol. The van der Waals surface area contributed by atoms with Gasteiger partial charge in [0.2, 0.25) is 10.0 Å². The number of carbonyl (C=O) groups is 1. The minimum Gasteiger partial charge on any atom is -0.483 e. The average Bonchev–Trinajstić information content (AvgIpc) is 2.39. The number of amides is 1. The van der Waals surface area contributed by atoms with Gasteiger partial charge in [0.25, 0.3) is 5.91 Å². The smallest absolute Gasteiger partial charge is 0.258 e. The highest BCUT2D eigenvalue weighted by Gasteiger charge is 2.18. The Labute approximate surface area is 124 Å². The normalized spacial score (nSPS) is 10.8. The zero-order chi connectivity index (χ0) is 16.2. The second kappa shape index (κ2) is 6.61. The lowest BCUT2D eigenvalue weighted by molar-refractivity contribution is -0.122. The first kappa shape index (κ1) is 17.0. The molecule has 21 heavy (non-hydrogen) atoms. The molecule has 0 spiro atoms. The minimum absolute atomic E-state index is 0.0571. The molecule has 114 valence electrons. The Kier molecular flexibility index (Phi) is 5.35. The maximum atomic E-state index is 11.5. The zero-order valence-electron chi connectivity index (χ0n) is 12.2. The van der Waals surface area contributed by atoms with Crippen molar-refractivity contribution < 1.29 is 17.9 Å². The molecule has 1 amide bonds. The van der Waals surface area contributed by atoms with Gasteiger partial charge in [-0.1, -0.05) is 5.92 Å². The summed E-state index contributed by atoms with van der Waals surface area (Å²) in [4.78, 5) is 11.5. The Bertz CT molecular complexity index is 703. The fourth-order valence-corrected chi connectivity index (χ4v) is 2.80. The van der Waals surface area contributed by atoms with Gasteiger partial charge in [0.05, 0.1) is 11.4 Å². The van der Waals surface area contributed by atoms with Crippen molar-refractivity contribution in [3.8, 4) is 18.1 Å². The predicted octanol–water partition coefficient (Wildman–Crippen LogP) is 0.387. The summed E-state index contributed by atoms with van der Waals surface area (Å²) in [5.41, 5.74) is 1.72. The number of hydrogen-bond acceptors (Lipinski definition) is 4. The molecule has 0 radical (unpaired) electrons. The average molecular weight is 310 g/mol. The Morgan fingerprint density at radius 3 is 2.52 bits per heavy atom. The van der Waals surface area contributed by atoms with Crippen LogP contribution in [0.4, 0.5) is 0 Å². The molecule has 1 rings (SSSR count). The van der Waals surface area contributed by atoms with E-state index in [0.29, 0.717) is 22.4 Å². The summed E-state index contributed by atoms with van der Waals surface area (Å²) in [5.74, 6) is 2.41. The van der Waals surface area contributed by atoms with Crippen LogP contribution in [0, 0.1) is 33.1 Å². The monoisotopic (exact) mass is 310 g/mol. The number of hydrogen-bond donors (Lipinski definition) is 2. The van der Waals surface area contributed by atoms with Gasteiger partial charge in [-0.3, -0.25) is 4.79 Å². The molecule has 0 aliphatic rings. The van der Waals surface area contributed by atoms with Crippen LogP contribution in [-0.2, 0) is 14.8 Å². The van der Waals surface area contributed by atoms with E-state index in [1.54, 1.807) is 20.8 Å². The van der Waals surface area contributed by atoms with Crippen molar-refractivity contribution in [2.45, 2.75) is 25.7 Å². The minimum atomic E-state index is -3.80. The molecule has 6 nitrogen and oxygen atoms in total. The van der Waals surface area contributed by atoms with Crippen LogP contribution >= 0.6 is 0 Å². The largest absolute Gasteiger partial charge is 0.483 e. The quantitative estimate of drug-likeness (QED) is 0.768. The first-order valence-electron chi connectivity index (χ1n) is 6.15. The fourth-order valence-electron chi connectivity index (χ4n) is 1.88. The molecule has 7 heteroatoms.